The van der Waals surface area contributed by atoms with E-state index in [-0.39, 0.29) is 19.9 Å². The van der Waals surface area contributed by atoms with Crippen LogP contribution in [-0.2, 0) is 0 Å². The molecule has 0 radical (unpaired) electrons. The first-order valence-corrected chi connectivity index (χ1v) is 5.86. The van der Waals surface area contributed by atoms with Crippen LogP contribution in [0.4, 0.5) is 4.39 Å². The van der Waals surface area contributed by atoms with Gasteiger partial charge < -0.3 is 5.11 Å². The van der Waals surface area contributed by atoms with Gasteiger partial charge in [-0.05, 0) is 42.2 Å². The van der Waals surface area contributed by atoms with Crippen molar-refractivity contribution < 1.29 is 9.50 Å². The number of aliphatic hydroxyl groups is 1. The molecular weight excluding hydrogens is 241 g/mol. The highest BCUT2D eigenvalue weighted by Crippen LogP contribution is 2.22. The summed E-state index contributed by atoms with van der Waals surface area (Å²) in [6.07, 6.45) is 11.0. The maximum atomic E-state index is 13.3. The quantitative estimate of drug-likeness (QED) is 0.738. The summed E-state index contributed by atoms with van der Waals surface area (Å²) < 4.78 is 13.3. The van der Waals surface area contributed by atoms with E-state index in [9.17, 15) is 9.50 Å². The van der Waals surface area contributed by atoms with Crippen molar-refractivity contribution in [3.05, 3.63) is 59.6 Å². The van der Waals surface area contributed by atoms with Crippen LogP contribution in [0.1, 0.15) is 27.2 Å². The Hall–Kier alpha value is -1.74. The predicted octanol–water partition coefficient (Wildman–Crippen LogP) is 4.28. The number of hydrogen-bond acceptors (Lipinski definition) is 2. The molecule has 3 heteroatoms. The molecule has 0 saturated carbocycles. The van der Waals surface area contributed by atoms with Gasteiger partial charge in [-0.25, -0.2) is 4.39 Å². The minimum absolute atomic E-state index is 0. The van der Waals surface area contributed by atoms with Gasteiger partial charge in [-0.15, -0.1) is 0 Å². The van der Waals surface area contributed by atoms with Gasteiger partial charge in [-0.1, -0.05) is 26.2 Å². The third kappa shape index (κ3) is 6.11. The summed E-state index contributed by atoms with van der Waals surface area (Å²) >= 11 is 0. The molecule has 0 aromatic heterocycles. The molecule has 0 aromatic rings. The zero-order valence-corrected chi connectivity index (χ0v) is 10.6. The van der Waals surface area contributed by atoms with Crippen LogP contribution in [-0.4, -0.2) is 17.9 Å². The lowest BCUT2D eigenvalue weighted by molar-refractivity contribution is 0.332. The third-order valence-electron chi connectivity index (χ3n) is 2.47. The zero-order chi connectivity index (χ0) is 13.4. The van der Waals surface area contributed by atoms with Crippen LogP contribution in [0.2, 0.25) is 0 Å². The largest absolute Gasteiger partial charge is 0.392 e. The summed E-state index contributed by atoms with van der Waals surface area (Å²) in [5, 5.41) is 9.25. The SMILES string of the molecule is C.C=C(/C=C(F)\C=C/C)CC1=CCC=NC=C1CO. The van der Waals surface area contributed by atoms with E-state index in [1.807, 2.05) is 6.08 Å². The monoisotopic (exact) mass is 263 g/mol. The Morgan fingerprint density at radius 2 is 2.26 bits per heavy atom. The van der Waals surface area contributed by atoms with E-state index in [1.165, 1.54) is 12.2 Å². The van der Waals surface area contributed by atoms with Crippen molar-refractivity contribution in [2.75, 3.05) is 6.61 Å². The first kappa shape index (κ1) is 17.3. The molecule has 19 heavy (non-hydrogen) atoms. The van der Waals surface area contributed by atoms with E-state index in [0.717, 1.165) is 11.1 Å². The van der Waals surface area contributed by atoms with Gasteiger partial charge in [0.1, 0.15) is 5.83 Å². The van der Waals surface area contributed by atoms with Gasteiger partial charge in [0, 0.05) is 18.8 Å². The third-order valence-corrected chi connectivity index (χ3v) is 2.47. The first-order chi connectivity index (χ1) is 8.67. The van der Waals surface area contributed by atoms with Crippen LogP contribution < -0.4 is 0 Å². The van der Waals surface area contributed by atoms with Crippen molar-refractivity contribution in [3.8, 4) is 0 Å². The van der Waals surface area contributed by atoms with Gasteiger partial charge in [0.15, 0.2) is 0 Å². The molecule has 0 spiro atoms. The lowest BCUT2D eigenvalue weighted by atomic mass is 9.99. The molecule has 1 aliphatic rings. The lowest BCUT2D eigenvalue weighted by Gasteiger charge is -2.08. The van der Waals surface area contributed by atoms with Crippen LogP contribution in [0.5, 0.6) is 0 Å². The lowest BCUT2D eigenvalue weighted by Crippen LogP contribution is -1.96. The van der Waals surface area contributed by atoms with E-state index in [2.05, 4.69) is 11.6 Å². The number of nitrogens with zero attached hydrogens (tertiary/aromatic N) is 1. The van der Waals surface area contributed by atoms with Crippen molar-refractivity contribution in [2.24, 2.45) is 4.99 Å². The van der Waals surface area contributed by atoms with Crippen LogP contribution in [0.3, 0.4) is 0 Å². The standard InChI is InChI=1S/C15H18FNO.CH4/c1-3-5-15(16)9-12(2)8-13-6-4-7-17-10-14(13)11-18;/h3,5-7,9-10,18H,2,4,8,11H2,1H3;1H4/b5-3-,15-9+;. The molecule has 1 rings (SSSR count). The highest BCUT2D eigenvalue weighted by atomic mass is 19.1. The summed E-state index contributed by atoms with van der Waals surface area (Å²) in [7, 11) is 0. The molecular formula is C16H22FNO. The number of aliphatic hydroxyl groups excluding tert-OH is 1. The Kier molecular flexibility index (Phi) is 8.38. The molecule has 104 valence electrons. The maximum absolute atomic E-state index is 13.3. The molecule has 0 aromatic carbocycles. The van der Waals surface area contributed by atoms with Crippen LogP contribution >= 0.6 is 0 Å². The molecule has 1 heterocycles. The first-order valence-electron chi connectivity index (χ1n) is 5.86. The summed E-state index contributed by atoms with van der Waals surface area (Å²) in [5.74, 6) is -0.317. The minimum atomic E-state index is -0.317. The molecule has 0 fully saturated rings. The van der Waals surface area contributed by atoms with Gasteiger partial charge in [0.05, 0.1) is 6.61 Å². The topological polar surface area (TPSA) is 32.6 Å². The minimum Gasteiger partial charge on any atom is -0.392 e. The molecule has 1 aliphatic heterocycles. The summed E-state index contributed by atoms with van der Waals surface area (Å²) in [6.45, 7) is 5.52. The zero-order valence-electron chi connectivity index (χ0n) is 10.6. The number of aliphatic imine (C=N–C) groups is 1. The fraction of sp³-hybridized carbons (Fsp3) is 0.312. The Balaban J connectivity index is 0.00000324. The molecule has 2 nitrogen and oxygen atoms in total. The maximum Gasteiger partial charge on any atom is 0.123 e. The predicted molar refractivity (Wildman–Crippen MR) is 80.9 cm³/mol. The fourth-order valence-electron chi connectivity index (χ4n) is 1.64. The normalized spacial score (nSPS) is 15.6. The second-order valence-electron chi connectivity index (χ2n) is 3.97. The molecule has 0 unspecified atom stereocenters. The Labute approximate surface area is 115 Å². The molecule has 0 atom stereocenters. The molecule has 0 saturated heterocycles. The van der Waals surface area contributed by atoms with E-state index in [0.29, 0.717) is 18.4 Å². The summed E-state index contributed by atoms with van der Waals surface area (Å²) in [6, 6.07) is 0. The number of rotatable bonds is 5. The molecule has 1 N–H and O–H groups in total. The fourth-order valence-corrected chi connectivity index (χ4v) is 1.64. The summed E-state index contributed by atoms with van der Waals surface area (Å²) in [4.78, 5) is 4.04. The van der Waals surface area contributed by atoms with Gasteiger partial charge in [0.2, 0.25) is 0 Å². The van der Waals surface area contributed by atoms with Crippen LogP contribution in [0.15, 0.2) is 64.6 Å². The van der Waals surface area contributed by atoms with Crippen LogP contribution in [0.25, 0.3) is 0 Å². The van der Waals surface area contributed by atoms with Gasteiger partial charge in [0.25, 0.3) is 0 Å². The Morgan fingerprint density at radius 3 is 2.89 bits per heavy atom. The number of halogens is 1. The average molecular weight is 263 g/mol. The van der Waals surface area contributed by atoms with E-state index >= 15 is 0 Å². The van der Waals surface area contributed by atoms with Crippen molar-refractivity contribution in [1.82, 2.24) is 0 Å². The highest BCUT2D eigenvalue weighted by molar-refractivity contribution is 5.63. The smallest absolute Gasteiger partial charge is 0.123 e. The van der Waals surface area contributed by atoms with Crippen molar-refractivity contribution in [3.63, 3.8) is 0 Å². The number of allylic oxidation sites excluding steroid dienone is 6. The second kappa shape index (κ2) is 9.22. The van der Waals surface area contributed by atoms with Gasteiger partial charge >= 0.3 is 0 Å². The molecule has 0 amide bonds. The molecule has 0 bridgehead atoms. The second-order valence-corrected chi connectivity index (χ2v) is 3.97. The van der Waals surface area contributed by atoms with Crippen molar-refractivity contribution >= 4 is 6.21 Å². The van der Waals surface area contributed by atoms with E-state index in [4.69, 9.17) is 0 Å². The highest BCUT2D eigenvalue weighted by Gasteiger charge is 2.07. The van der Waals surface area contributed by atoms with Crippen molar-refractivity contribution in [2.45, 2.75) is 27.2 Å². The number of hydrogen-bond donors (Lipinski definition) is 1. The van der Waals surface area contributed by atoms with Gasteiger partial charge in [-0.3, -0.25) is 4.99 Å². The van der Waals surface area contributed by atoms with Crippen LogP contribution in [0, 0.1) is 0 Å². The Morgan fingerprint density at radius 1 is 1.53 bits per heavy atom. The Bertz CT molecular complexity index is 453. The average Bonchev–Trinajstić information content (AvgIpc) is 2.54. The van der Waals surface area contributed by atoms with Gasteiger partial charge in [-0.2, -0.15) is 0 Å². The summed E-state index contributed by atoms with van der Waals surface area (Å²) in [5.41, 5.74) is 2.37. The van der Waals surface area contributed by atoms with E-state index < -0.39 is 0 Å². The molecule has 0 aliphatic carbocycles. The van der Waals surface area contributed by atoms with Crippen molar-refractivity contribution in [1.29, 1.82) is 0 Å². The van der Waals surface area contributed by atoms with E-state index in [1.54, 1.807) is 25.4 Å².